The Morgan fingerprint density at radius 2 is 2.15 bits per heavy atom. The number of piperazine rings is 1. The molecule has 0 bridgehead atoms. The van der Waals surface area contributed by atoms with Gasteiger partial charge in [0.2, 0.25) is 0 Å². The van der Waals surface area contributed by atoms with Crippen LogP contribution < -0.4 is 5.32 Å². The second kappa shape index (κ2) is 5.72. The summed E-state index contributed by atoms with van der Waals surface area (Å²) in [5.74, 6) is 1.29. The van der Waals surface area contributed by atoms with Crippen molar-refractivity contribution in [1.82, 2.24) is 30.1 Å². The van der Waals surface area contributed by atoms with Crippen LogP contribution in [0.4, 0.5) is 0 Å². The molecule has 7 nitrogen and oxygen atoms in total. The van der Waals surface area contributed by atoms with E-state index in [0.29, 0.717) is 5.89 Å². The molecular weight excluding hydrogens is 256 g/mol. The molecular formula is C13H20N6O. The van der Waals surface area contributed by atoms with Gasteiger partial charge in [-0.05, 0) is 19.9 Å². The van der Waals surface area contributed by atoms with Crippen LogP contribution in [0.25, 0.3) is 11.6 Å². The van der Waals surface area contributed by atoms with Gasteiger partial charge in [0.25, 0.3) is 5.89 Å². The van der Waals surface area contributed by atoms with E-state index < -0.39 is 0 Å². The molecule has 0 amide bonds. The van der Waals surface area contributed by atoms with Gasteiger partial charge < -0.3 is 9.84 Å². The number of hydrogen-bond acceptors (Lipinski definition) is 6. The highest BCUT2D eigenvalue weighted by atomic mass is 16.5. The lowest BCUT2D eigenvalue weighted by atomic mass is 10.3. The number of nitrogens with zero attached hydrogens (tertiary/aromatic N) is 5. The molecule has 0 aliphatic carbocycles. The third kappa shape index (κ3) is 2.73. The summed E-state index contributed by atoms with van der Waals surface area (Å²) >= 11 is 0. The Morgan fingerprint density at radius 3 is 2.90 bits per heavy atom. The minimum atomic E-state index is 0.553. The van der Waals surface area contributed by atoms with E-state index in [2.05, 4.69) is 25.5 Å². The zero-order chi connectivity index (χ0) is 13.9. The summed E-state index contributed by atoms with van der Waals surface area (Å²) in [7, 11) is 0. The molecule has 1 aliphatic rings. The van der Waals surface area contributed by atoms with Gasteiger partial charge in [0.15, 0.2) is 5.82 Å². The predicted octanol–water partition coefficient (Wildman–Crippen LogP) is 0.667. The first-order valence-corrected chi connectivity index (χ1v) is 7.06. The smallest absolute Gasteiger partial charge is 0.276 e. The van der Waals surface area contributed by atoms with E-state index >= 15 is 0 Å². The molecule has 108 valence electrons. The van der Waals surface area contributed by atoms with E-state index in [1.807, 2.05) is 24.6 Å². The molecule has 1 saturated heterocycles. The Hall–Kier alpha value is -1.73. The summed E-state index contributed by atoms with van der Waals surface area (Å²) in [6.07, 6.45) is 0. The van der Waals surface area contributed by atoms with Crippen LogP contribution in [0.15, 0.2) is 10.6 Å². The van der Waals surface area contributed by atoms with Crippen molar-refractivity contribution in [1.29, 1.82) is 0 Å². The molecule has 1 fully saturated rings. The fourth-order valence-electron chi connectivity index (χ4n) is 2.45. The molecule has 20 heavy (non-hydrogen) atoms. The van der Waals surface area contributed by atoms with Crippen LogP contribution >= 0.6 is 0 Å². The summed E-state index contributed by atoms with van der Waals surface area (Å²) < 4.78 is 7.27. The molecule has 1 N–H and O–H groups in total. The highest BCUT2D eigenvalue weighted by molar-refractivity contribution is 5.47. The maximum absolute atomic E-state index is 5.38. The van der Waals surface area contributed by atoms with Crippen molar-refractivity contribution in [2.24, 2.45) is 0 Å². The van der Waals surface area contributed by atoms with E-state index in [-0.39, 0.29) is 0 Å². The average molecular weight is 276 g/mol. The van der Waals surface area contributed by atoms with Gasteiger partial charge in [0, 0.05) is 32.7 Å². The molecule has 3 rings (SSSR count). The van der Waals surface area contributed by atoms with E-state index in [4.69, 9.17) is 4.52 Å². The first-order chi connectivity index (χ1) is 9.76. The van der Waals surface area contributed by atoms with Gasteiger partial charge >= 0.3 is 0 Å². The van der Waals surface area contributed by atoms with E-state index in [1.165, 1.54) is 0 Å². The molecule has 2 aromatic heterocycles. The maximum atomic E-state index is 5.38. The molecule has 2 aromatic rings. The Labute approximate surface area is 118 Å². The Bertz CT molecular complexity index is 569. The lowest BCUT2D eigenvalue weighted by molar-refractivity contribution is 0.225. The number of nitrogens with one attached hydrogen (secondary N) is 1. The van der Waals surface area contributed by atoms with Gasteiger partial charge in [-0.1, -0.05) is 5.16 Å². The molecule has 3 heterocycles. The average Bonchev–Trinajstić information content (AvgIpc) is 3.06. The molecule has 7 heteroatoms. The number of hydrogen-bond donors (Lipinski definition) is 1. The summed E-state index contributed by atoms with van der Waals surface area (Å²) in [5.41, 5.74) is 1.85. The molecule has 0 radical (unpaired) electrons. The third-order valence-corrected chi connectivity index (χ3v) is 3.46. The van der Waals surface area contributed by atoms with Crippen molar-refractivity contribution in [3.8, 4) is 11.6 Å². The SMILES string of the molecule is CCn1nc(C)cc1-c1nc(CN2CCNCC2)no1. The van der Waals surface area contributed by atoms with Crippen molar-refractivity contribution < 1.29 is 4.52 Å². The van der Waals surface area contributed by atoms with E-state index in [9.17, 15) is 0 Å². The Balaban J connectivity index is 1.75. The maximum Gasteiger partial charge on any atom is 0.276 e. The molecule has 0 unspecified atom stereocenters. The predicted molar refractivity (Wildman–Crippen MR) is 74.1 cm³/mol. The Kier molecular flexibility index (Phi) is 3.79. The zero-order valence-electron chi connectivity index (χ0n) is 12.0. The minimum Gasteiger partial charge on any atom is -0.332 e. The van der Waals surface area contributed by atoms with Gasteiger partial charge in [-0.3, -0.25) is 9.58 Å². The highest BCUT2D eigenvalue weighted by Crippen LogP contribution is 2.19. The van der Waals surface area contributed by atoms with Crippen molar-refractivity contribution >= 4 is 0 Å². The molecule has 1 aliphatic heterocycles. The number of rotatable bonds is 4. The normalized spacial score (nSPS) is 16.7. The van der Waals surface area contributed by atoms with Crippen LogP contribution in [-0.4, -0.2) is 51.0 Å². The van der Waals surface area contributed by atoms with Crippen LogP contribution in [0, 0.1) is 6.92 Å². The molecule has 0 aromatic carbocycles. The zero-order valence-corrected chi connectivity index (χ0v) is 12.0. The van der Waals surface area contributed by atoms with Crippen molar-refractivity contribution in [2.75, 3.05) is 26.2 Å². The van der Waals surface area contributed by atoms with E-state index in [1.54, 1.807) is 0 Å². The number of aryl methyl sites for hydroxylation is 2. The second-order valence-corrected chi connectivity index (χ2v) is 5.03. The molecule has 0 spiro atoms. The van der Waals surface area contributed by atoms with Crippen molar-refractivity contribution in [2.45, 2.75) is 26.9 Å². The second-order valence-electron chi connectivity index (χ2n) is 5.03. The summed E-state index contributed by atoms with van der Waals surface area (Å²) in [5, 5.41) is 11.8. The van der Waals surface area contributed by atoms with Gasteiger partial charge in [-0.15, -0.1) is 0 Å². The van der Waals surface area contributed by atoms with Crippen molar-refractivity contribution in [3.63, 3.8) is 0 Å². The molecule has 0 saturated carbocycles. The van der Waals surface area contributed by atoms with Crippen LogP contribution in [0.2, 0.25) is 0 Å². The summed E-state index contributed by atoms with van der Waals surface area (Å²) in [4.78, 5) is 6.82. The fourth-order valence-corrected chi connectivity index (χ4v) is 2.45. The Morgan fingerprint density at radius 1 is 1.35 bits per heavy atom. The quantitative estimate of drug-likeness (QED) is 0.885. The van der Waals surface area contributed by atoms with Crippen LogP contribution in [0.1, 0.15) is 18.4 Å². The fraction of sp³-hybridized carbons (Fsp3) is 0.615. The first-order valence-electron chi connectivity index (χ1n) is 7.06. The van der Waals surface area contributed by atoms with Crippen LogP contribution in [-0.2, 0) is 13.1 Å². The van der Waals surface area contributed by atoms with E-state index in [0.717, 1.165) is 56.5 Å². The van der Waals surface area contributed by atoms with Gasteiger partial charge in [0.1, 0.15) is 5.69 Å². The lowest BCUT2D eigenvalue weighted by Crippen LogP contribution is -2.43. The number of aromatic nitrogens is 4. The largest absolute Gasteiger partial charge is 0.332 e. The van der Waals surface area contributed by atoms with Gasteiger partial charge in [-0.25, -0.2) is 0 Å². The lowest BCUT2D eigenvalue weighted by Gasteiger charge is -2.25. The highest BCUT2D eigenvalue weighted by Gasteiger charge is 2.17. The van der Waals surface area contributed by atoms with Crippen LogP contribution in [0.3, 0.4) is 0 Å². The topological polar surface area (TPSA) is 72.0 Å². The molecule has 0 atom stereocenters. The summed E-state index contributed by atoms with van der Waals surface area (Å²) in [6.45, 7) is 9.63. The minimum absolute atomic E-state index is 0.553. The monoisotopic (exact) mass is 276 g/mol. The van der Waals surface area contributed by atoms with Gasteiger partial charge in [-0.2, -0.15) is 10.1 Å². The van der Waals surface area contributed by atoms with Gasteiger partial charge in [0.05, 0.1) is 12.2 Å². The standard InChI is InChI=1S/C13H20N6O/c1-3-19-11(8-10(2)16-19)13-15-12(17-20-13)9-18-6-4-14-5-7-18/h8,14H,3-7,9H2,1-2H3. The third-order valence-electron chi connectivity index (χ3n) is 3.46. The summed E-state index contributed by atoms with van der Waals surface area (Å²) in [6, 6.07) is 1.98. The first kappa shape index (κ1) is 13.3. The van der Waals surface area contributed by atoms with Crippen LogP contribution in [0.5, 0.6) is 0 Å². The van der Waals surface area contributed by atoms with Crippen molar-refractivity contribution in [3.05, 3.63) is 17.6 Å².